The fourth-order valence-electron chi connectivity index (χ4n) is 2.11. The van der Waals surface area contributed by atoms with Crippen LogP contribution in [0.4, 0.5) is 0 Å². The van der Waals surface area contributed by atoms with Gasteiger partial charge < -0.3 is 14.6 Å². The molecule has 2 heterocycles. The Morgan fingerprint density at radius 1 is 1.40 bits per heavy atom. The minimum absolute atomic E-state index is 0.0193. The Morgan fingerprint density at radius 3 is 2.90 bits per heavy atom. The molecule has 0 amide bonds. The van der Waals surface area contributed by atoms with Crippen LogP contribution >= 0.6 is 0 Å². The molecule has 3 rings (SSSR count). The average Bonchev–Trinajstić information content (AvgIpc) is 2.87. The SMILES string of the molecule is Cc1ncc2c(c1O)C(OC(=O)c1ccccc1)OC2. The predicted octanol–water partition coefficient (Wildman–Crippen LogP) is 2.48. The fourth-order valence-corrected chi connectivity index (χ4v) is 2.11. The lowest BCUT2D eigenvalue weighted by Gasteiger charge is -2.14. The highest BCUT2D eigenvalue weighted by molar-refractivity contribution is 5.89. The molecule has 102 valence electrons. The number of rotatable bonds is 2. The molecule has 1 aromatic heterocycles. The van der Waals surface area contributed by atoms with Gasteiger partial charge in [0, 0.05) is 11.8 Å². The number of esters is 1. The Labute approximate surface area is 115 Å². The number of nitrogens with zero attached hydrogens (tertiary/aromatic N) is 1. The Hall–Kier alpha value is -2.40. The van der Waals surface area contributed by atoms with Gasteiger partial charge in [0.05, 0.1) is 23.4 Å². The van der Waals surface area contributed by atoms with Crippen LogP contribution < -0.4 is 0 Å². The van der Waals surface area contributed by atoms with E-state index in [0.717, 1.165) is 5.56 Å². The van der Waals surface area contributed by atoms with Crippen molar-refractivity contribution < 1.29 is 19.4 Å². The molecule has 20 heavy (non-hydrogen) atoms. The summed E-state index contributed by atoms with van der Waals surface area (Å²) < 4.78 is 10.7. The van der Waals surface area contributed by atoms with Gasteiger partial charge in [-0.3, -0.25) is 4.98 Å². The second-order valence-corrected chi connectivity index (χ2v) is 4.55. The van der Waals surface area contributed by atoms with Crippen LogP contribution in [-0.2, 0) is 16.1 Å². The molecule has 0 saturated carbocycles. The number of pyridine rings is 1. The van der Waals surface area contributed by atoms with Crippen LogP contribution in [-0.4, -0.2) is 16.1 Å². The summed E-state index contributed by atoms with van der Waals surface area (Å²) in [7, 11) is 0. The standard InChI is InChI=1S/C15H13NO4/c1-9-13(17)12-11(7-16-9)8-19-15(12)20-14(18)10-5-3-2-4-6-10/h2-7,15,17H,8H2,1H3. The van der Waals surface area contributed by atoms with Gasteiger partial charge in [-0.2, -0.15) is 0 Å². The molecule has 0 fully saturated rings. The van der Waals surface area contributed by atoms with Crippen molar-refractivity contribution in [2.45, 2.75) is 19.8 Å². The Morgan fingerprint density at radius 2 is 2.15 bits per heavy atom. The third-order valence-electron chi connectivity index (χ3n) is 3.21. The van der Waals surface area contributed by atoms with Crippen molar-refractivity contribution >= 4 is 5.97 Å². The number of aryl methyl sites for hydroxylation is 1. The number of aromatic nitrogens is 1. The Balaban J connectivity index is 1.86. The van der Waals surface area contributed by atoms with E-state index in [-0.39, 0.29) is 12.4 Å². The maximum atomic E-state index is 12.0. The highest BCUT2D eigenvalue weighted by atomic mass is 16.7. The smallest absolute Gasteiger partial charge is 0.340 e. The van der Waals surface area contributed by atoms with Gasteiger partial charge in [-0.1, -0.05) is 18.2 Å². The minimum atomic E-state index is -0.889. The van der Waals surface area contributed by atoms with Crippen LogP contribution in [0.15, 0.2) is 36.5 Å². The molecule has 1 atom stereocenters. The zero-order valence-corrected chi connectivity index (χ0v) is 10.9. The van der Waals surface area contributed by atoms with Crippen LogP contribution in [0.3, 0.4) is 0 Å². The van der Waals surface area contributed by atoms with E-state index in [1.807, 2.05) is 6.07 Å². The molecular weight excluding hydrogens is 258 g/mol. The van der Waals surface area contributed by atoms with Gasteiger partial charge in [-0.05, 0) is 19.1 Å². The number of carbonyl (C=O) groups is 1. The highest BCUT2D eigenvalue weighted by Crippen LogP contribution is 2.38. The maximum absolute atomic E-state index is 12.0. The summed E-state index contributed by atoms with van der Waals surface area (Å²) in [5.41, 5.74) is 2.14. The molecule has 1 N–H and O–H groups in total. The van der Waals surface area contributed by atoms with Crippen LogP contribution in [0.1, 0.15) is 33.5 Å². The van der Waals surface area contributed by atoms with E-state index in [0.29, 0.717) is 16.8 Å². The third-order valence-corrected chi connectivity index (χ3v) is 3.21. The molecule has 1 aliphatic rings. The molecular formula is C15H13NO4. The molecule has 0 aliphatic carbocycles. The van der Waals surface area contributed by atoms with Crippen molar-refractivity contribution in [3.05, 3.63) is 58.9 Å². The first kappa shape index (κ1) is 12.6. The second kappa shape index (κ2) is 4.94. The van der Waals surface area contributed by atoms with Crippen LogP contribution in [0.25, 0.3) is 0 Å². The highest BCUT2D eigenvalue weighted by Gasteiger charge is 2.31. The van der Waals surface area contributed by atoms with E-state index in [9.17, 15) is 9.90 Å². The molecule has 2 aromatic rings. The summed E-state index contributed by atoms with van der Waals surface area (Å²) in [5.74, 6) is -0.469. The predicted molar refractivity (Wildman–Crippen MR) is 70.0 cm³/mol. The number of hydrogen-bond donors (Lipinski definition) is 1. The first-order chi connectivity index (χ1) is 9.66. The molecule has 0 saturated heterocycles. The summed E-state index contributed by atoms with van der Waals surface area (Å²) >= 11 is 0. The van der Waals surface area contributed by atoms with E-state index in [4.69, 9.17) is 9.47 Å². The number of carbonyl (C=O) groups excluding carboxylic acids is 1. The Kier molecular flexibility index (Phi) is 3.12. The molecule has 1 aromatic carbocycles. The first-order valence-corrected chi connectivity index (χ1v) is 6.22. The summed E-state index contributed by atoms with van der Waals surface area (Å²) in [6, 6.07) is 8.65. The van der Waals surface area contributed by atoms with Gasteiger partial charge >= 0.3 is 5.97 Å². The first-order valence-electron chi connectivity index (χ1n) is 6.22. The molecule has 1 unspecified atom stereocenters. The number of ether oxygens (including phenoxy) is 2. The summed E-state index contributed by atoms with van der Waals surface area (Å²) in [6.07, 6.45) is 0.736. The summed E-state index contributed by atoms with van der Waals surface area (Å²) in [5, 5.41) is 10.0. The van der Waals surface area contributed by atoms with Crippen molar-refractivity contribution in [3.63, 3.8) is 0 Å². The molecule has 0 bridgehead atoms. The number of benzene rings is 1. The van der Waals surface area contributed by atoms with Crippen molar-refractivity contribution in [1.82, 2.24) is 4.98 Å². The van der Waals surface area contributed by atoms with E-state index in [2.05, 4.69) is 4.98 Å². The van der Waals surface area contributed by atoms with Crippen LogP contribution in [0, 0.1) is 6.92 Å². The van der Waals surface area contributed by atoms with Gasteiger partial charge in [0.1, 0.15) is 5.75 Å². The molecule has 0 spiro atoms. The van der Waals surface area contributed by atoms with Gasteiger partial charge in [-0.25, -0.2) is 4.79 Å². The van der Waals surface area contributed by atoms with E-state index in [1.54, 1.807) is 37.4 Å². The topological polar surface area (TPSA) is 68.7 Å². The normalized spacial score (nSPS) is 16.8. The number of hydrogen-bond acceptors (Lipinski definition) is 5. The second-order valence-electron chi connectivity index (χ2n) is 4.55. The molecule has 5 heteroatoms. The van der Waals surface area contributed by atoms with Crippen LogP contribution in [0.5, 0.6) is 5.75 Å². The van der Waals surface area contributed by atoms with Crippen molar-refractivity contribution in [1.29, 1.82) is 0 Å². The maximum Gasteiger partial charge on any atom is 0.340 e. The Bertz CT molecular complexity index is 654. The van der Waals surface area contributed by atoms with Crippen molar-refractivity contribution in [3.8, 4) is 5.75 Å². The monoisotopic (exact) mass is 271 g/mol. The average molecular weight is 271 g/mol. The summed E-state index contributed by atoms with van der Waals surface area (Å²) in [4.78, 5) is 16.1. The van der Waals surface area contributed by atoms with Gasteiger partial charge in [0.25, 0.3) is 0 Å². The van der Waals surface area contributed by atoms with Gasteiger partial charge in [0.15, 0.2) is 0 Å². The molecule has 5 nitrogen and oxygen atoms in total. The van der Waals surface area contributed by atoms with Gasteiger partial charge in [-0.15, -0.1) is 0 Å². The third kappa shape index (κ3) is 2.12. The zero-order valence-electron chi connectivity index (χ0n) is 10.9. The minimum Gasteiger partial charge on any atom is -0.506 e. The lowest BCUT2D eigenvalue weighted by Crippen LogP contribution is -2.11. The fraction of sp³-hybridized carbons (Fsp3) is 0.200. The molecule has 0 radical (unpaired) electrons. The van der Waals surface area contributed by atoms with Gasteiger partial charge in [0.2, 0.25) is 6.29 Å². The quantitative estimate of drug-likeness (QED) is 0.850. The molecule has 1 aliphatic heterocycles. The number of aromatic hydroxyl groups is 1. The lowest BCUT2D eigenvalue weighted by atomic mass is 10.1. The zero-order chi connectivity index (χ0) is 14.1. The van der Waals surface area contributed by atoms with E-state index < -0.39 is 12.3 Å². The number of fused-ring (bicyclic) bond motifs is 1. The lowest BCUT2D eigenvalue weighted by molar-refractivity contribution is -0.105. The van der Waals surface area contributed by atoms with Crippen molar-refractivity contribution in [2.24, 2.45) is 0 Å². The van der Waals surface area contributed by atoms with Crippen molar-refractivity contribution in [2.75, 3.05) is 0 Å². The van der Waals surface area contributed by atoms with E-state index in [1.165, 1.54) is 0 Å². The van der Waals surface area contributed by atoms with E-state index >= 15 is 0 Å². The van der Waals surface area contributed by atoms with Crippen LogP contribution in [0.2, 0.25) is 0 Å². The largest absolute Gasteiger partial charge is 0.506 e. The summed E-state index contributed by atoms with van der Waals surface area (Å²) in [6.45, 7) is 1.95.